The molecule has 2 rings (SSSR count). The number of amides is 1. The minimum atomic E-state index is -0.208. The summed E-state index contributed by atoms with van der Waals surface area (Å²) in [6.45, 7) is 1.90. The third-order valence-corrected chi connectivity index (χ3v) is 3.40. The molecule has 6 heteroatoms. The zero-order valence-corrected chi connectivity index (χ0v) is 11.3. The fourth-order valence-electron chi connectivity index (χ4n) is 1.61. The van der Waals surface area contributed by atoms with Crippen molar-refractivity contribution < 1.29 is 4.79 Å². The zero-order chi connectivity index (χ0) is 13.1. The van der Waals surface area contributed by atoms with Gasteiger partial charge < -0.3 is 11.1 Å². The van der Waals surface area contributed by atoms with Crippen molar-refractivity contribution in [3.05, 3.63) is 45.9 Å². The number of benzene rings is 1. The van der Waals surface area contributed by atoms with Crippen molar-refractivity contribution in [3.63, 3.8) is 0 Å². The third-order valence-electron chi connectivity index (χ3n) is 2.42. The lowest BCUT2D eigenvalue weighted by Gasteiger charge is -2.11. The molecule has 92 valence electrons. The fourth-order valence-corrected chi connectivity index (χ4v) is 2.40. The van der Waals surface area contributed by atoms with Gasteiger partial charge in [0.25, 0.3) is 5.91 Å². The number of thiazole rings is 1. The van der Waals surface area contributed by atoms with E-state index in [0.717, 1.165) is 5.56 Å². The van der Waals surface area contributed by atoms with Gasteiger partial charge in [0.05, 0.1) is 17.4 Å². The van der Waals surface area contributed by atoms with Crippen molar-refractivity contribution in [2.75, 3.05) is 5.32 Å². The van der Waals surface area contributed by atoms with Gasteiger partial charge >= 0.3 is 0 Å². The van der Waals surface area contributed by atoms with Crippen molar-refractivity contribution >= 4 is 40.1 Å². The Bertz CT molecular complexity index is 593. The number of anilines is 1. The van der Waals surface area contributed by atoms with Crippen LogP contribution in [0.25, 0.3) is 0 Å². The SMILES string of the molecule is Cc1cccc(NC(=O)c2cncs2)c1C(N)=S. The highest BCUT2D eigenvalue weighted by Gasteiger charge is 2.13. The quantitative estimate of drug-likeness (QED) is 0.845. The summed E-state index contributed by atoms with van der Waals surface area (Å²) in [4.78, 5) is 16.6. The molecule has 0 aliphatic rings. The average molecular weight is 277 g/mol. The first kappa shape index (κ1) is 12.7. The summed E-state index contributed by atoms with van der Waals surface area (Å²) in [5.74, 6) is -0.208. The Hall–Kier alpha value is -1.79. The van der Waals surface area contributed by atoms with Gasteiger partial charge in [-0.05, 0) is 18.6 Å². The largest absolute Gasteiger partial charge is 0.389 e. The Morgan fingerprint density at radius 1 is 1.50 bits per heavy atom. The number of carbonyl (C=O) groups is 1. The molecule has 3 N–H and O–H groups in total. The standard InChI is InChI=1S/C12H11N3OS2/c1-7-3-2-4-8(10(7)11(13)17)15-12(16)9-5-14-6-18-9/h2-6H,1H3,(H2,13,17)(H,15,16). The van der Waals surface area contributed by atoms with Crippen LogP contribution < -0.4 is 11.1 Å². The van der Waals surface area contributed by atoms with Gasteiger partial charge in [-0.2, -0.15) is 0 Å². The van der Waals surface area contributed by atoms with Crippen LogP contribution in [0.1, 0.15) is 20.8 Å². The summed E-state index contributed by atoms with van der Waals surface area (Å²) in [5, 5.41) is 2.80. The molecule has 1 aromatic carbocycles. The molecule has 0 bridgehead atoms. The van der Waals surface area contributed by atoms with E-state index in [9.17, 15) is 4.79 Å². The molecule has 0 aliphatic carbocycles. The minimum absolute atomic E-state index is 0.208. The second kappa shape index (κ2) is 5.24. The van der Waals surface area contributed by atoms with E-state index in [1.807, 2.05) is 19.1 Å². The lowest BCUT2D eigenvalue weighted by atomic mass is 10.1. The van der Waals surface area contributed by atoms with Crippen LogP contribution in [0.15, 0.2) is 29.9 Å². The van der Waals surface area contributed by atoms with Crippen LogP contribution in [0.2, 0.25) is 0 Å². The molecule has 1 heterocycles. The van der Waals surface area contributed by atoms with E-state index >= 15 is 0 Å². The number of nitrogens with two attached hydrogens (primary N) is 1. The van der Waals surface area contributed by atoms with E-state index in [-0.39, 0.29) is 10.9 Å². The van der Waals surface area contributed by atoms with Crippen LogP contribution in [0.4, 0.5) is 5.69 Å². The minimum Gasteiger partial charge on any atom is -0.389 e. The first-order valence-corrected chi connectivity index (χ1v) is 6.47. The number of hydrogen-bond acceptors (Lipinski definition) is 4. The van der Waals surface area contributed by atoms with Gasteiger partial charge in [0, 0.05) is 5.56 Å². The highest BCUT2D eigenvalue weighted by Crippen LogP contribution is 2.20. The number of aromatic nitrogens is 1. The van der Waals surface area contributed by atoms with Gasteiger partial charge in [0.2, 0.25) is 0 Å². The smallest absolute Gasteiger partial charge is 0.267 e. The number of thiocarbonyl (C=S) groups is 1. The van der Waals surface area contributed by atoms with Crippen LogP contribution in [0.5, 0.6) is 0 Å². The summed E-state index contributed by atoms with van der Waals surface area (Å²) >= 11 is 6.29. The van der Waals surface area contributed by atoms with Gasteiger partial charge in [-0.25, -0.2) is 0 Å². The van der Waals surface area contributed by atoms with Crippen molar-refractivity contribution in [1.82, 2.24) is 4.98 Å². The maximum absolute atomic E-state index is 11.9. The molecule has 0 fully saturated rings. The first-order valence-electron chi connectivity index (χ1n) is 5.19. The van der Waals surface area contributed by atoms with Crippen molar-refractivity contribution in [2.24, 2.45) is 5.73 Å². The normalized spacial score (nSPS) is 10.1. The summed E-state index contributed by atoms with van der Waals surface area (Å²) in [5.41, 5.74) is 9.55. The molecule has 0 saturated carbocycles. The molecular formula is C12H11N3OS2. The average Bonchev–Trinajstić information content (AvgIpc) is 2.81. The van der Waals surface area contributed by atoms with Crippen molar-refractivity contribution in [3.8, 4) is 0 Å². The molecular weight excluding hydrogens is 266 g/mol. The molecule has 1 amide bonds. The Morgan fingerprint density at radius 2 is 2.28 bits per heavy atom. The second-order valence-corrected chi connectivity index (χ2v) is 5.01. The Morgan fingerprint density at radius 3 is 2.89 bits per heavy atom. The Balaban J connectivity index is 2.32. The molecule has 0 aliphatic heterocycles. The van der Waals surface area contributed by atoms with E-state index in [2.05, 4.69) is 10.3 Å². The molecule has 2 aromatic rings. The van der Waals surface area contributed by atoms with E-state index < -0.39 is 0 Å². The first-order chi connectivity index (χ1) is 8.59. The molecule has 18 heavy (non-hydrogen) atoms. The maximum atomic E-state index is 11.9. The number of carbonyl (C=O) groups excluding carboxylic acids is 1. The van der Waals surface area contributed by atoms with Gasteiger partial charge in [0.15, 0.2) is 0 Å². The van der Waals surface area contributed by atoms with Crippen LogP contribution >= 0.6 is 23.6 Å². The lowest BCUT2D eigenvalue weighted by molar-refractivity contribution is 0.103. The summed E-state index contributed by atoms with van der Waals surface area (Å²) in [6, 6.07) is 5.52. The number of nitrogens with zero attached hydrogens (tertiary/aromatic N) is 1. The van der Waals surface area contributed by atoms with Crippen LogP contribution in [-0.2, 0) is 0 Å². The van der Waals surface area contributed by atoms with E-state index in [1.54, 1.807) is 11.6 Å². The van der Waals surface area contributed by atoms with Gasteiger partial charge in [-0.3, -0.25) is 9.78 Å². The molecule has 4 nitrogen and oxygen atoms in total. The fraction of sp³-hybridized carbons (Fsp3) is 0.0833. The molecule has 0 spiro atoms. The molecule has 0 radical (unpaired) electrons. The van der Waals surface area contributed by atoms with E-state index in [1.165, 1.54) is 17.5 Å². The number of hydrogen-bond donors (Lipinski definition) is 2. The monoisotopic (exact) mass is 277 g/mol. The highest BCUT2D eigenvalue weighted by atomic mass is 32.1. The maximum Gasteiger partial charge on any atom is 0.267 e. The summed E-state index contributed by atoms with van der Waals surface area (Å²) in [6.07, 6.45) is 1.52. The Kier molecular flexibility index (Phi) is 3.69. The predicted molar refractivity (Wildman–Crippen MR) is 77.1 cm³/mol. The zero-order valence-electron chi connectivity index (χ0n) is 9.64. The molecule has 0 atom stereocenters. The summed E-state index contributed by atoms with van der Waals surface area (Å²) < 4.78 is 0. The molecule has 0 saturated heterocycles. The summed E-state index contributed by atoms with van der Waals surface area (Å²) in [7, 11) is 0. The lowest BCUT2D eigenvalue weighted by Crippen LogP contribution is -2.18. The highest BCUT2D eigenvalue weighted by molar-refractivity contribution is 7.80. The van der Waals surface area contributed by atoms with Crippen molar-refractivity contribution in [2.45, 2.75) is 6.92 Å². The predicted octanol–water partition coefficient (Wildman–Crippen LogP) is 2.34. The topological polar surface area (TPSA) is 68.0 Å². The Labute approximate surface area is 114 Å². The second-order valence-electron chi connectivity index (χ2n) is 3.68. The van der Waals surface area contributed by atoms with E-state index in [4.69, 9.17) is 18.0 Å². The van der Waals surface area contributed by atoms with Crippen molar-refractivity contribution in [1.29, 1.82) is 0 Å². The van der Waals surface area contributed by atoms with Gasteiger partial charge in [-0.1, -0.05) is 24.4 Å². The number of rotatable bonds is 3. The number of aryl methyl sites for hydroxylation is 1. The van der Waals surface area contributed by atoms with Gasteiger partial charge in [-0.15, -0.1) is 11.3 Å². The van der Waals surface area contributed by atoms with Crippen LogP contribution in [0.3, 0.4) is 0 Å². The van der Waals surface area contributed by atoms with Gasteiger partial charge in [0.1, 0.15) is 9.87 Å². The van der Waals surface area contributed by atoms with Crippen LogP contribution in [-0.4, -0.2) is 15.9 Å². The molecule has 1 aromatic heterocycles. The molecule has 0 unspecified atom stereocenters. The number of nitrogens with one attached hydrogen (secondary N) is 1. The van der Waals surface area contributed by atoms with E-state index in [0.29, 0.717) is 16.1 Å². The van der Waals surface area contributed by atoms with Crippen LogP contribution in [0, 0.1) is 6.92 Å². The third kappa shape index (κ3) is 2.55.